The van der Waals surface area contributed by atoms with Crippen LogP contribution in [0.1, 0.15) is 45.1 Å². The lowest BCUT2D eigenvalue weighted by molar-refractivity contribution is -0.138. The molecule has 0 unspecified atom stereocenters. The number of rotatable bonds is 4. The topological polar surface area (TPSA) is 52.6 Å². The Kier molecular flexibility index (Phi) is 3.74. The van der Waals surface area contributed by atoms with E-state index in [1.807, 2.05) is 25.1 Å². The highest BCUT2D eigenvalue weighted by atomic mass is 16.5. The summed E-state index contributed by atoms with van der Waals surface area (Å²) in [4.78, 5) is 25.3. The van der Waals surface area contributed by atoms with Gasteiger partial charge in [-0.2, -0.15) is 0 Å². The van der Waals surface area contributed by atoms with E-state index in [2.05, 4.69) is 6.92 Å². The number of hydrogen-bond acceptors (Lipinski definition) is 4. The molecule has 4 heteroatoms. The molecule has 0 saturated heterocycles. The first kappa shape index (κ1) is 16.0. The average Bonchev–Trinajstić information content (AvgIpc) is 2.73. The van der Waals surface area contributed by atoms with Gasteiger partial charge in [0.05, 0.1) is 19.6 Å². The summed E-state index contributed by atoms with van der Waals surface area (Å²) in [5, 5.41) is 0. The molecule has 3 atom stereocenters. The summed E-state index contributed by atoms with van der Waals surface area (Å²) in [5.41, 5.74) is -0.0537. The molecule has 0 aromatic heterocycles. The van der Waals surface area contributed by atoms with Crippen molar-refractivity contribution in [3.63, 3.8) is 0 Å². The van der Waals surface area contributed by atoms with Gasteiger partial charge in [0.25, 0.3) is 0 Å². The molecule has 0 N–H and O–H groups in total. The van der Waals surface area contributed by atoms with Gasteiger partial charge in [-0.05, 0) is 32.3 Å². The second-order valence-corrected chi connectivity index (χ2v) is 6.95. The van der Waals surface area contributed by atoms with E-state index in [-0.39, 0.29) is 22.9 Å². The second kappa shape index (κ2) is 5.36. The monoisotopic (exact) mass is 316 g/mol. The van der Waals surface area contributed by atoms with Gasteiger partial charge in [0.15, 0.2) is 5.78 Å². The summed E-state index contributed by atoms with van der Waals surface area (Å²) in [6.07, 6.45) is 2.64. The van der Waals surface area contributed by atoms with E-state index in [1.54, 1.807) is 14.2 Å². The van der Waals surface area contributed by atoms with Gasteiger partial charge in [0.1, 0.15) is 17.3 Å². The average molecular weight is 316 g/mol. The van der Waals surface area contributed by atoms with Crippen LogP contribution in [0.4, 0.5) is 0 Å². The predicted molar refractivity (Wildman–Crippen MR) is 87.0 cm³/mol. The molecule has 2 aliphatic carbocycles. The number of carbonyl (C=O) groups excluding carboxylic acids is 2. The van der Waals surface area contributed by atoms with E-state index in [0.717, 1.165) is 29.9 Å². The molecular formula is C19H24O4. The number of ether oxygens (including phenoxy) is 2. The molecule has 4 nitrogen and oxygen atoms in total. The Hall–Kier alpha value is -1.84. The van der Waals surface area contributed by atoms with Crippen LogP contribution in [0.25, 0.3) is 0 Å². The van der Waals surface area contributed by atoms with Crippen LogP contribution in [0.2, 0.25) is 0 Å². The SMILES string of the molecule is CC[C@@]1(c2ccc(OC)cc2OC)CC[C@]2(C)C(=O)C[C@H]1C2=O. The zero-order valence-electron chi connectivity index (χ0n) is 14.3. The summed E-state index contributed by atoms with van der Waals surface area (Å²) in [6.45, 7) is 3.92. The molecule has 2 fully saturated rings. The molecule has 0 amide bonds. The van der Waals surface area contributed by atoms with Crippen molar-refractivity contribution in [3.05, 3.63) is 23.8 Å². The van der Waals surface area contributed by atoms with Crippen molar-refractivity contribution in [2.45, 2.75) is 44.9 Å². The van der Waals surface area contributed by atoms with Gasteiger partial charge in [-0.3, -0.25) is 9.59 Å². The van der Waals surface area contributed by atoms with Gasteiger partial charge in [-0.15, -0.1) is 0 Å². The molecule has 1 aromatic rings. The first-order chi connectivity index (χ1) is 10.9. The van der Waals surface area contributed by atoms with E-state index in [1.165, 1.54) is 0 Å². The molecule has 1 aromatic carbocycles. The number of methoxy groups -OCH3 is 2. The highest BCUT2D eigenvalue weighted by molar-refractivity contribution is 6.15. The number of Topliss-reactive ketones (excluding diaryl/α,β-unsaturated/α-hetero) is 2. The minimum atomic E-state index is -0.761. The Morgan fingerprint density at radius 3 is 2.52 bits per heavy atom. The van der Waals surface area contributed by atoms with Gasteiger partial charge >= 0.3 is 0 Å². The van der Waals surface area contributed by atoms with E-state index < -0.39 is 5.41 Å². The molecule has 0 radical (unpaired) electrons. The van der Waals surface area contributed by atoms with Gasteiger partial charge in [-0.25, -0.2) is 0 Å². The fourth-order valence-electron chi connectivity index (χ4n) is 4.53. The van der Waals surface area contributed by atoms with Crippen molar-refractivity contribution in [2.24, 2.45) is 11.3 Å². The third-order valence-corrected chi connectivity index (χ3v) is 6.18. The summed E-state index contributed by atoms with van der Waals surface area (Å²) in [5.74, 6) is 1.46. The molecule has 3 rings (SSSR count). The Balaban J connectivity index is 2.13. The maximum Gasteiger partial charge on any atom is 0.150 e. The van der Waals surface area contributed by atoms with Gasteiger partial charge in [0.2, 0.25) is 0 Å². The number of benzene rings is 1. The lowest BCUT2D eigenvalue weighted by atomic mass is 9.58. The van der Waals surface area contributed by atoms with Crippen molar-refractivity contribution in [2.75, 3.05) is 14.2 Å². The van der Waals surface area contributed by atoms with Gasteiger partial charge < -0.3 is 9.47 Å². The van der Waals surface area contributed by atoms with Gasteiger partial charge in [-0.1, -0.05) is 13.0 Å². The maximum atomic E-state index is 12.9. The van der Waals surface area contributed by atoms with Crippen molar-refractivity contribution in [1.29, 1.82) is 0 Å². The number of fused-ring (bicyclic) bond motifs is 2. The molecule has 0 heterocycles. The second-order valence-electron chi connectivity index (χ2n) is 6.95. The Morgan fingerprint density at radius 1 is 1.17 bits per heavy atom. The molecular weight excluding hydrogens is 292 g/mol. The van der Waals surface area contributed by atoms with Gasteiger partial charge in [0, 0.05) is 29.4 Å². The summed E-state index contributed by atoms with van der Waals surface area (Å²) < 4.78 is 10.9. The molecule has 2 aliphatic rings. The number of carbonyl (C=O) groups is 2. The molecule has 0 spiro atoms. The summed E-state index contributed by atoms with van der Waals surface area (Å²) in [7, 11) is 3.26. The van der Waals surface area contributed by atoms with E-state index in [0.29, 0.717) is 12.8 Å². The normalized spacial score (nSPS) is 33.0. The minimum absolute atomic E-state index is 0.107. The fraction of sp³-hybridized carbons (Fsp3) is 0.579. The third-order valence-electron chi connectivity index (χ3n) is 6.18. The van der Waals surface area contributed by atoms with Crippen LogP contribution in [0.15, 0.2) is 18.2 Å². The van der Waals surface area contributed by atoms with Crippen molar-refractivity contribution >= 4 is 11.6 Å². The largest absolute Gasteiger partial charge is 0.497 e. The van der Waals surface area contributed by atoms with E-state index in [4.69, 9.17) is 9.47 Å². The highest BCUT2D eigenvalue weighted by Gasteiger charge is 2.62. The van der Waals surface area contributed by atoms with E-state index >= 15 is 0 Å². The molecule has 23 heavy (non-hydrogen) atoms. The molecule has 124 valence electrons. The zero-order valence-corrected chi connectivity index (χ0v) is 14.3. The van der Waals surface area contributed by atoms with Crippen LogP contribution in [0, 0.1) is 11.3 Å². The van der Waals surface area contributed by atoms with E-state index in [9.17, 15) is 9.59 Å². The van der Waals surface area contributed by atoms with Crippen LogP contribution in [0.3, 0.4) is 0 Å². The fourth-order valence-corrected chi connectivity index (χ4v) is 4.53. The first-order valence-electron chi connectivity index (χ1n) is 8.23. The van der Waals surface area contributed by atoms with Crippen molar-refractivity contribution < 1.29 is 19.1 Å². The van der Waals surface area contributed by atoms with Crippen molar-refractivity contribution in [3.8, 4) is 11.5 Å². The van der Waals surface area contributed by atoms with Crippen LogP contribution >= 0.6 is 0 Å². The van der Waals surface area contributed by atoms with Crippen LogP contribution < -0.4 is 9.47 Å². The summed E-state index contributed by atoms with van der Waals surface area (Å²) >= 11 is 0. The summed E-state index contributed by atoms with van der Waals surface area (Å²) in [6, 6.07) is 5.77. The lowest BCUT2D eigenvalue weighted by Gasteiger charge is -2.44. The number of hydrogen-bond donors (Lipinski definition) is 0. The smallest absolute Gasteiger partial charge is 0.150 e. The third kappa shape index (κ3) is 2.03. The van der Waals surface area contributed by atoms with Crippen LogP contribution in [0.5, 0.6) is 11.5 Å². The minimum Gasteiger partial charge on any atom is -0.497 e. The zero-order chi connectivity index (χ0) is 16.8. The van der Waals surface area contributed by atoms with Crippen LogP contribution in [-0.4, -0.2) is 25.8 Å². The molecule has 0 aliphatic heterocycles. The van der Waals surface area contributed by atoms with Crippen molar-refractivity contribution in [1.82, 2.24) is 0 Å². The molecule has 2 saturated carbocycles. The lowest BCUT2D eigenvalue weighted by Crippen LogP contribution is -2.46. The Morgan fingerprint density at radius 2 is 1.91 bits per heavy atom. The predicted octanol–water partition coefficient (Wildman–Crippen LogP) is 3.31. The maximum absolute atomic E-state index is 12.9. The Bertz CT molecular complexity index is 665. The van der Waals surface area contributed by atoms with Crippen LogP contribution in [-0.2, 0) is 15.0 Å². The first-order valence-corrected chi connectivity index (χ1v) is 8.23. The standard InChI is InChI=1S/C19H24O4/c1-5-19(13-7-6-12(22-3)10-15(13)23-4)9-8-18(2)16(20)11-14(19)17(18)21/h6-7,10,14H,5,8-9,11H2,1-4H3/t14-,18+,19-/m0/s1. The Labute approximate surface area is 137 Å². The number of ketones is 2. The quantitative estimate of drug-likeness (QED) is 0.800. The highest BCUT2D eigenvalue weighted by Crippen LogP contribution is 2.58. The molecule has 2 bridgehead atoms.